The van der Waals surface area contributed by atoms with Crippen LogP contribution in [-0.2, 0) is 0 Å². The largest absolute Gasteiger partial charge is 0.138 e. The van der Waals surface area contributed by atoms with E-state index in [1.807, 2.05) is 0 Å². The third-order valence-electron chi connectivity index (χ3n) is 1.74. The fourth-order valence-electron chi connectivity index (χ4n) is 1.02. The molecule has 0 heterocycles. The molecule has 0 aliphatic carbocycles. The molecule has 0 rings (SSSR count). The van der Waals surface area contributed by atoms with Crippen molar-refractivity contribution in [1.29, 1.82) is 0 Å². The van der Waals surface area contributed by atoms with Crippen molar-refractivity contribution in [1.82, 2.24) is 0 Å². The molecule has 0 saturated heterocycles. The first-order valence-corrected chi connectivity index (χ1v) is 5.71. The Morgan fingerprint density at radius 1 is 1.20 bits per heavy atom. The van der Waals surface area contributed by atoms with E-state index in [1.54, 1.807) is 0 Å². The Balaban J connectivity index is 3.50. The summed E-state index contributed by atoms with van der Waals surface area (Å²) in [5.74, 6) is 0. The van der Waals surface area contributed by atoms with Crippen LogP contribution in [0.15, 0.2) is 0 Å². The lowest BCUT2D eigenvalue weighted by Crippen LogP contribution is -2.18. The molecule has 1 unspecified atom stereocenters. The van der Waals surface area contributed by atoms with Gasteiger partial charge in [0.05, 0.1) is 0 Å². The molecule has 0 fully saturated rings. The predicted molar refractivity (Wildman–Crippen MR) is 51.7 cm³/mol. The van der Waals surface area contributed by atoms with Crippen molar-refractivity contribution in [3.05, 3.63) is 0 Å². The van der Waals surface area contributed by atoms with Gasteiger partial charge in [0.25, 0.3) is 0 Å². The van der Waals surface area contributed by atoms with E-state index in [4.69, 9.17) is 0 Å². The summed E-state index contributed by atoms with van der Waals surface area (Å²) >= 11 is 0. The topological polar surface area (TPSA) is 0 Å². The third kappa shape index (κ3) is 4.52. The van der Waals surface area contributed by atoms with Gasteiger partial charge in [0.1, 0.15) is 6.71 Å². The SMILES string of the molecule is CC([Si])B(CC[Si])CC[Si]. The maximum Gasteiger partial charge on any atom is 0.138 e. The Morgan fingerprint density at radius 2 is 1.60 bits per heavy atom. The van der Waals surface area contributed by atoms with Crippen LogP contribution in [0.1, 0.15) is 6.92 Å². The average Bonchev–Trinajstić information content (AvgIpc) is 1.87. The second kappa shape index (κ2) is 6.43. The van der Waals surface area contributed by atoms with Crippen LogP contribution in [0.2, 0.25) is 30.2 Å². The summed E-state index contributed by atoms with van der Waals surface area (Å²) in [6.07, 6.45) is 2.51. The van der Waals surface area contributed by atoms with E-state index in [2.05, 4.69) is 37.7 Å². The summed E-state index contributed by atoms with van der Waals surface area (Å²) in [6.45, 7) is 3.01. The van der Waals surface area contributed by atoms with Gasteiger partial charge in [-0.1, -0.05) is 37.1 Å². The van der Waals surface area contributed by atoms with E-state index in [-0.39, 0.29) is 0 Å². The Bertz CT molecular complexity index is 71.4. The molecule has 51 valence electrons. The fourth-order valence-corrected chi connectivity index (χ4v) is 2.09. The normalized spacial score (nSPS) is 13.2. The minimum Gasteiger partial charge on any atom is -0.0772 e. The van der Waals surface area contributed by atoms with Crippen LogP contribution in [0, 0.1) is 0 Å². The molecule has 0 aliphatic heterocycles. The van der Waals surface area contributed by atoms with E-state index in [1.165, 1.54) is 12.6 Å². The van der Waals surface area contributed by atoms with Gasteiger partial charge < -0.3 is 0 Å². The van der Waals surface area contributed by atoms with Crippen molar-refractivity contribution in [2.24, 2.45) is 0 Å². The highest BCUT2D eigenvalue weighted by atomic mass is 28.2. The molecule has 0 bridgehead atoms. The van der Waals surface area contributed by atoms with Crippen LogP contribution in [0.5, 0.6) is 0 Å². The van der Waals surface area contributed by atoms with Gasteiger partial charge in [0.2, 0.25) is 0 Å². The summed E-state index contributed by atoms with van der Waals surface area (Å²) in [6, 6.07) is 2.21. The zero-order valence-electron chi connectivity index (χ0n) is 6.48. The van der Waals surface area contributed by atoms with Crippen LogP contribution in [-0.4, -0.2) is 37.4 Å². The second-order valence-electron chi connectivity index (χ2n) is 2.63. The van der Waals surface area contributed by atoms with Crippen LogP contribution >= 0.6 is 0 Å². The number of rotatable bonds is 5. The quantitative estimate of drug-likeness (QED) is 0.556. The lowest BCUT2D eigenvalue weighted by Gasteiger charge is -2.14. The van der Waals surface area contributed by atoms with Gasteiger partial charge in [-0.3, -0.25) is 0 Å². The molecule has 0 aromatic carbocycles. The standard InChI is InChI=1S/C6H12BSi3/c1-6(10)7(2-4-8)3-5-9/h6H,2-5H2,1H3. The molecule has 4 heteroatoms. The molecular weight excluding hydrogens is 167 g/mol. The molecule has 9 radical (unpaired) electrons. The highest BCUT2D eigenvalue weighted by Crippen LogP contribution is 2.15. The maximum atomic E-state index is 3.65. The Labute approximate surface area is 74.9 Å². The smallest absolute Gasteiger partial charge is 0.0772 e. The van der Waals surface area contributed by atoms with Gasteiger partial charge in [-0.15, -0.1) is 0 Å². The first-order chi connectivity index (χ1) is 4.72. The van der Waals surface area contributed by atoms with Crippen LogP contribution < -0.4 is 0 Å². The average molecular weight is 179 g/mol. The van der Waals surface area contributed by atoms with Crippen molar-refractivity contribution in [2.45, 2.75) is 37.1 Å². The lowest BCUT2D eigenvalue weighted by atomic mass is 9.43. The summed E-state index contributed by atoms with van der Waals surface area (Å²) in [4.78, 5) is 0. The monoisotopic (exact) mass is 179 g/mol. The second-order valence-corrected chi connectivity index (χ2v) is 4.54. The lowest BCUT2D eigenvalue weighted by molar-refractivity contribution is 1.18. The maximum absolute atomic E-state index is 3.65. The molecular formula is C6H12BSi3. The van der Waals surface area contributed by atoms with E-state index < -0.39 is 0 Å². The first kappa shape index (κ1) is 10.7. The highest BCUT2D eigenvalue weighted by Gasteiger charge is 2.14. The molecule has 0 aromatic heterocycles. The van der Waals surface area contributed by atoms with Crippen LogP contribution in [0.3, 0.4) is 0 Å². The third-order valence-corrected chi connectivity index (χ3v) is 2.79. The van der Waals surface area contributed by atoms with Gasteiger partial charge in [0.15, 0.2) is 0 Å². The Kier molecular flexibility index (Phi) is 6.89. The summed E-state index contributed by atoms with van der Waals surface area (Å²) in [5, 5.41) is 0. The minimum absolute atomic E-state index is 0.632. The summed E-state index contributed by atoms with van der Waals surface area (Å²) < 4.78 is 0. The molecule has 0 aliphatic rings. The van der Waals surface area contributed by atoms with Crippen molar-refractivity contribution in [2.75, 3.05) is 0 Å². The summed E-state index contributed by atoms with van der Waals surface area (Å²) in [5.41, 5.74) is 0.632. The zero-order valence-corrected chi connectivity index (χ0v) is 9.48. The van der Waals surface area contributed by atoms with Gasteiger partial charge in [-0.2, -0.15) is 0 Å². The van der Waals surface area contributed by atoms with Gasteiger partial charge in [-0.25, -0.2) is 0 Å². The Hall–Kier alpha value is 0.716. The molecule has 0 saturated carbocycles. The number of hydrogen-bond donors (Lipinski definition) is 0. The highest BCUT2D eigenvalue weighted by molar-refractivity contribution is 6.68. The van der Waals surface area contributed by atoms with Crippen molar-refractivity contribution < 1.29 is 0 Å². The van der Waals surface area contributed by atoms with Crippen molar-refractivity contribution >= 4 is 37.4 Å². The summed E-state index contributed by atoms with van der Waals surface area (Å²) in [7, 11) is 10.6. The van der Waals surface area contributed by atoms with E-state index in [0.29, 0.717) is 5.44 Å². The van der Waals surface area contributed by atoms with Gasteiger partial charge in [-0.05, 0) is 0 Å². The minimum atomic E-state index is 0.632. The van der Waals surface area contributed by atoms with E-state index in [9.17, 15) is 0 Å². The zero-order chi connectivity index (χ0) is 7.98. The van der Waals surface area contributed by atoms with Crippen molar-refractivity contribution in [3.8, 4) is 0 Å². The number of hydrogen-bond acceptors (Lipinski definition) is 0. The molecule has 0 aromatic rings. The fraction of sp³-hybridized carbons (Fsp3) is 1.00. The van der Waals surface area contributed by atoms with E-state index >= 15 is 0 Å². The Morgan fingerprint density at radius 3 is 1.80 bits per heavy atom. The first-order valence-electron chi connectivity index (χ1n) is 3.72. The van der Waals surface area contributed by atoms with Crippen molar-refractivity contribution in [3.63, 3.8) is 0 Å². The predicted octanol–water partition coefficient (Wildman–Crippen LogP) is 1.17. The molecule has 0 nitrogen and oxygen atoms in total. The van der Waals surface area contributed by atoms with Crippen LogP contribution in [0.4, 0.5) is 0 Å². The molecule has 1 atom stereocenters. The van der Waals surface area contributed by atoms with Crippen LogP contribution in [0.25, 0.3) is 0 Å². The molecule has 0 N–H and O–H groups in total. The van der Waals surface area contributed by atoms with Gasteiger partial charge >= 0.3 is 0 Å². The van der Waals surface area contributed by atoms with E-state index in [0.717, 1.165) is 18.8 Å². The van der Waals surface area contributed by atoms with Gasteiger partial charge in [0, 0.05) is 30.7 Å². The molecule has 0 amide bonds. The molecule has 10 heavy (non-hydrogen) atoms. The molecule has 0 spiro atoms.